The van der Waals surface area contributed by atoms with E-state index in [1.54, 1.807) is 7.11 Å². The van der Waals surface area contributed by atoms with Gasteiger partial charge in [0, 0.05) is 36.1 Å². The number of aromatic nitrogens is 1. The van der Waals surface area contributed by atoms with Gasteiger partial charge < -0.3 is 9.64 Å². The van der Waals surface area contributed by atoms with Crippen molar-refractivity contribution in [3.8, 4) is 5.88 Å². The van der Waals surface area contributed by atoms with Crippen molar-refractivity contribution in [2.24, 2.45) is 0 Å². The normalized spacial score (nSPS) is 10.9. The highest BCUT2D eigenvalue weighted by atomic mass is 16.5. The van der Waals surface area contributed by atoms with E-state index in [9.17, 15) is 0 Å². The van der Waals surface area contributed by atoms with Crippen LogP contribution in [-0.2, 0) is 19.5 Å². The predicted molar refractivity (Wildman–Crippen MR) is 140 cm³/mol. The molecule has 3 heteroatoms. The highest BCUT2D eigenvalue weighted by Crippen LogP contribution is 2.29. The van der Waals surface area contributed by atoms with Gasteiger partial charge in [0.2, 0.25) is 5.88 Å². The molecule has 0 radical (unpaired) electrons. The Morgan fingerprint density at radius 1 is 0.647 bits per heavy atom. The van der Waals surface area contributed by atoms with Crippen molar-refractivity contribution in [1.82, 2.24) is 4.98 Å². The molecule has 0 atom stereocenters. The molecule has 0 fully saturated rings. The van der Waals surface area contributed by atoms with Gasteiger partial charge in [0.15, 0.2) is 0 Å². The fraction of sp³-hybridized carbons (Fsp3) is 0.129. The van der Waals surface area contributed by atoms with E-state index in [0.717, 1.165) is 36.0 Å². The lowest BCUT2D eigenvalue weighted by Gasteiger charge is -2.26. The van der Waals surface area contributed by atoms with Crippen molar-refractivity contribution >= 4 is 16.6 Å². The van der Waals surface area contributed by atoms with Gasteiger partial charge in [-0.1, -0.05) is 91.0 Å². The summed E-state index contributed by atoms with van der Waals surface area (Å²) >= 11 is 0. The SMILES string of the molecule is COc1nc2ccc(N(Cc3ccccc3)Cc3ccccc3)cc2cc1Cc1ccccc1. The van der Waals surface area contributed by atoms with Crippen molar-refractivity contribution in [2.75, 3.05) is 12.0 Å². The molecular weight excluding hydrogens is 416 g/mol. The van der Waals surface area contributed by atoms with Gasteiger partial charge in [0.1, 0.15) is 0 Å². The van der Waals surface area contributed by atoms with Crippen LogP contribution in [0.2, 0.25) is 0 Å². The van der Waals surface area contributed by atoms with Crippen molar-refractivity contribution in [3.63, 3.8) is 0 Å². The van der Waals surface area contributed by atoms with E-state index >= 15 is 0 Å². The van der Waals surface area contributed by atoms with Crippen LogP contribution in [-0.4, -0.2) is 12.1 Å². The summed E-state index contributed by atoms with van der Waals surface area (Å²) in [6.07, 6.45) is 0.787. The standard InChI is InChI=1S/C31H28N2O/c1-34-31-28(19-24-11-5-2-6-12-24)20-27-21-29(17-18-30(27)32-31)33(22-25-13-7-3-8-14-25)23-26-15-9-4-10-16-26/h2-18,20-21H,19,22-23H2,1H3. The summed E-state index contributed by atoms with van der Waals surface area (Å²) in [5.74, 6) is 0.689. The molecule has 168 valence electrons. The molecule has 5 aromatic rings. The Balaban J connectivity index is 1.52. The molecule has 1 heterocycles. The van der Waals surface area contributed by atoms with E-state index in [4.69, 9.17) is 9.72 Å². The zero-order chi connectivity index (χ0) is 23.2. The van der Waals surface area contributed by atoms with E-state index < -0.39 is 0 Å². The lowest BCUT2D eigenvalue weighted by molar-refractivity contribution is 0.395. The van der Waals surface area contributed by atoms with Crippen molar-refractivity contribution < 1.29 is 4.74 Å². The van der Waals surface area contributed by atoms with Gasteiger partial charge in [-0.15, -0.1) is 0 Å². The maximum absolute atomic E-state index is 5.64. The molecule has 0 N–H and O–H groups in total. The van der Waals surface area contributed by atoms with Gasteiger partial charge in [-0.05, 0) is 41.0 Å². The molecule has 5 rings (SSSR count). The number of benzene rings is 4. The van der Waals surface area contributed by atoms with Crippen LogP contribution in [0.5, 0.6) is 5.88 Å². The molecule has 0 saturated carbocycles. The topological polar surface area (TPSA) is 25.4 Å². The van der Waals surface area contributed by atoms with E-state index in [2.05, 4.69) is 114 Å². The number of rotatable bonds is 8. The molecule has 0 aliphatic rings. The number of pyridine rings is 1. The second-order valence-electron chi connectivity index (χ2n) is 8.52. The maximum atomic E-state index is 5.64. The molecule has 0 unspecified atom stereocenters. The molecule has 34 heavy (non-hydrogen) atoms. The summed E-state index contributed by atoms with van der Waals surface area (Å²) in [4.78, 5) is 7.24. The van der Waals surface area contributed by atoms with Gasteiger partial charge in [0.25, 0.3) is 0 Å². The Labute approximate surface area is 201 Å². The van der Waals surface area contributed by atoms with Crippen molar-refractivity contribution in [2.45, 2.75) is 19.5 Å². The quantitative estimate of drug-likeness (QED) is 0.257. The molecule has 0 amide bonds. The summed E-state index contributed by atoms with van der Waals surface area (Å²) in [6, 6.07) is 40.5. The van der Waals surface area contributed by atoms with Crippen LogP contribution in [0.15, 0.2) is 115 Å². The van der Waals surface area contributed by atoms with Gasteiger partial charge >= 0.3 is 0 Å². The van der Waals surface area contributed by atoms with Crippen LogP contribution < -0.4 is 9.64 Å². The highest BCUT2D eigenvalue weighted by molar-refractivity contribution is 5.84. The number of ether oxygens (including phenoxy) is 1. The largest absolute Gasteiger partial charge is 0.481 e. The van der Waals surface area contributed by atoms with Gasteiger partial charge in [-0.2, -0.15) is 0 Å². The first-order valence-electron chi connectivity index (χ1n) is 11.6. The minimum absolute atomic E-state index is 0.689. The molecule has 0 spiro atoms. The molecule has 0 bridgehead atoms. The molecule has 0 saturated heterocycles. The minimum atomic E-state index is 0.689. The fourth-order valence-electron chi connectivity index (χ4n) is 4.35. The molecular formula is C31H28N2O. The van der Waals surface area contributed by atoms with Gasteiger partial charge in [-0.3, -0.25) is 0 Å². The Kier molecular flexibility index (Phi) is 6.53. The number of fused-ring (bicyclic) bond motifs is 1. The maximum Gasteiger partial charge on any atom is 0.217 e. The van der Waals surface area contributed by atoms with Crippen LogP contribution in [0.25, 0.3) is 10.9 Å². The summed E-state index contributed by atoms with van der Waals surface area (Å²) in [7, 11) is 1.69. The van der Waals surface area contributed by atoms with Gasteiger partial charge in [0.05, 0.1) is 12.6 Å². The lowest BCUT2D eigenvalue weighted by atomic mass is 10.0. The third-order valence-electron chi connectivity index (χ3n) is 6.07. The average Bonchev–Trinajstić information content (AvgIpc) is 2.89. The zero-order valence-corrected chi connectivity index (χ0v) is 19.4. The second kappa shape index (κ2) is 10.2. The molecule has 1 aromatic heterocycles. The summed E-state index contributed by atoms with van der Waals surface area (Å²) in [5, 5.41) is 1.12. The first-order valence-corrected chi connectivity index (χ1v) is 11.6. The van der Waals surface area contributed by atoms with Crippen molar-refractivity contribution in [1.29, 1.82) is 0 Å². The number of anilines is 1. The summed E-state index contributed by atoms with van der Waals surface area (Å²) < 4.78 is 5.64. The van der Waals surface area contributed by atoms with Crippen molar-refractivity contribution in [3.05, 3.63) is 138 Å². The third kappa shape index (κ3) is 5.10. The number of nitrogens with zero attached hydrogens (tertiary/aromatic N) is 2. The Morgan fingerprint density at radius 3 is 1.76 bits per heavy atom. The average molecular weight is 445 g/mol. The number of methoxy groups -OCH3 is 1. The van der Waals surface area contributed by atoms with Crippen LogP contribution in [0.4, 0.5) is 5.69 Å². The van der Waals surface area contributed by atoms with Crippen LogP contribution in [0.3, 0.4) is 0 Å². The van der Waals surface area contributed by atoms with Crippen LogP contribution >= 0.6 is 0 Å². The monoisotopic (exact) mass is 444 g/mol. The summed E-state index contributed by atoms with van der Waals surface area (Å²) in [5.41, 5.74) is 7.03. The Hall–Kier alpha value is -4.11. The predicted octanol–water partition coefficient (Wildman–Crippen LogP) is 7.04. The zero-order valence-electron chi connectivity index (χ0n) is 19.4. The van der Waals surface area contributed by atoms with Crippen LogP contribution in [0.1, 0.15) is 22.3 Å². The lowest BCUT2D eigenvalue weighted by Crippen LogP contribution is -2.22. The van der Waals surface area contributed by atoms with E-state index in [-0.39, 0.29) is 0 Å². The minimum Gasteiger partial charge on any atom is -0.481 e. The molecule has 0 aliphatic heterocycles. The molecule has 3 nitrogen and oxygen atoms in total. The third-order valence-corrected chi connectivity index (χ3v) is 6.07. The van der Waals surface area contributed by atoms with Gasteiger partial charge in [-0.25, -0.2) is 4.98 Å². The molecule has 0 aliphatic carbocycles. The van der Waals surface area contributed by atoms with E-state index in [1.165, 1.54) is 22.4 Å². The Morgan fingerprint density at radius 2 is 1.21 bits per heavy atom. The van der Waals surface area contributed by atoms with E-state index in [0.29, 0.717) is 5.88 Å². The number of hydrogen-bond donors (Lipinski definition) is 0. The number of hydrogen-bond acceptors (Lipinski definition) is 3. The smallest absolute Gasteiger partial charge is 0.217 e. The van der Waals surface area contributed by atoms with Crippen LogP contribution in [0, 0.1) is 0 Å². The first kappa shape index (κ1) is 21.7. The Bertz CT molecular complexity index is 1310. The van der Waals surface area contributed by atoms with E-state index in [1.807, 2.05) is 6.07 Å². The summed E-state index contributed by atoms with van der Waals surface area (Å²) in [6.45, 7) is 1.67. The highest BCUT2D eigenvalue weighted by Gasteiger charge is 2.13. The second-order valence-corrected chi connectivity index (χ2v) is 8.52. The first-order chi connectivity index (χ1) is 16.8. The molecule has 4 aromatic carbocycles. The fourth-order valence-corrected chi connectivity index (χ4v) is 4.35.